The van der Waals surface area contributed by atoms with E-state index in [4.69, 9.17) is 5.11 Å². The van der Waals surface area contributed by atoms with Crippen molar-refractivity contribution in [2.45, 2.75) is 76.9 Å². The van der Waals surface area contributed by atoms with Gasteiger partial charge in [0.2, 0.25) is 0 Å². The van der Waals surface area contributed by atoms with E-state index in [-0.39, 0.29) is 18.9 Å². The maximum Gasteiger partial charge on any atom is 0.305 e. The number of carboxylic acid groups (broad SMARTS) is 1. The van der Waals surface area contributed by atoms with Gasteiger partial charge in [-0.15, -0.1) is 0 Å². The van der Waals surface area contributed by atoms with Crippen LogP contribution < -0.4 is 5.32 Å². The quantitative estimate of drug-likeness (QED) is 0.425. The number of carbonyl (C=O) groups excluding carboxylic acids is 1. The molecule has 1 aliphatic carbocycles. The van der Waals surface area contributed by atoms with Gasteiger partial charge in [-0.1, -0.05) is 45.0 Å². The Bertz CT molecular complexity index is 1010. The molecule has 2 aromatic rings. The molecule has 1 aliphatic rings. The van der Waals surface area contributed by atoms with Gasteiger partial charge in [0, 0.05) is 31.2 Å². The fraction of sp³-hybridized carbons (Fsp3) is 0.517. The average molecular weight is 513 g/mol. The van der Waals surface area contributed by atoms with E-state index < -0.39 is 17.1 Å². The zero-order chi connectivity index (χ0) is 26.3. The summed E-state index contributed by atoms with van der Waals surface area (Å²) in [6.07, 6.45) is 6.38. The molecule has 0 aliphatic heterocycles. The number of hydrogen-bond acceptors (Lipinski definition) is 4. The second-order valence-corrected chi connectivity index (χ2v) is 12.4. The van der Waals surface area contributed by atoms with Crippen molar-refractivity contribution in [3.8, 4) is 0 Å². The second kappa shape index (κ2) is 12.7. The first-order chi connectivity index (χ1) is 17.0. The summed E-state index contributed by atoms with van der Waals surface area (Å²) in [6.45, 7) is 8.68. The van der Waals surface area contributed by atoms with E-state index in [9.17, 15) is 14.1 Å². The Morgan fingerprint density at radius 3 is 2.25 bits per heavy atom. The zero-order valence-corrected chi connectivity index (χ0v) is 22.8. The van der Waals surface area contributed by atoms with Gasteiger partial charge >= 0.3 is 5.97 Å². The molecular weight excluding hydrogens is 472 g/mol. The van der Waals surface area contributed by atoms with Crippen LogP contribution in [0.4, 0.5) is 0 Å². The molecule has 0 radical (unpaired) electrons. The smallest absolute Gasteiger partial charge is 0.305 e. The van der Waals surface area contributed by atoms with E-state index >= 15 is 0 Å². The van der Waals surface area contributed by atoms with Crippen molar-refractivity contribution in [3.63, 3.8) is 0 Å². The Morgan fingerprint density at radius 2 is 1.67 bits per heavy atom. The lowest BCUT2D eigenvalue weighted by Gasteiger charge is -2.41. The summed E-state index contributed by atoms with van der Waals surface area (Å²) in [5.74, 6) is -0.456. The second-order valence-electron chi connectivity index (χ2n) is 11.0. The summed E-state index contributed by atoms with van der Waals surface area (Å²) in [5.41, 5.74) is 3.15. The average Bonchev–Trinajstić information content (AvgIpc) is 2.83. The van der Waals surface area contributed by atoms with Crippen molar-refractivity contribution in [1.29, 1.82) is 0 Å². The van der Waals surface area contributed by atoms with E-state index in [1.165, 1.54) is 12.8 Å². The molecule has 36 heavy (non-hydrogen) atoms. The predicted molar refractivity (Wildman–Crippen MR) is 144 cm³/mol. The molecule has 0 bridgehead atoms. The Kier molecular flexibility index (Phi) is 10.00. The Balaban J connectivity index is 1.72. The number of carbonyl (C=O) groups is 2. The van der Waals surface area contributed by atoms with Gasteiger partial charge in [-0.2, -0.15) is 0 Å². The topological polar surface area (TPSA) is 92.7 Å². The number of amides is 1. The lowest BCUT2D eigenvalue weighted by molar-refractivity contribution is -0.136. The summed E-state index contributed by atoms with van der Waals surface area (Å²) in [5, 5.41) is 11.4. The molecule has 7 heteroatoms. The van der Waals surface area contributed by atoms with Crippen LogP contribution in [0.3, 0.4) is 0 Å². The molecule has 1 saturated carbocycles. The lowest BCUT2D eigenvalue weighted by atomic mass is 9.71. The van der Waals surface area contributed by atoms with Crippen LogP contribution in [0.2, 0.25) is 0 Å². The number of rotatable bonds is 10. The molecule has 196 valence electrons. The number of benzene rings is 2. The highest BCUT2D eigenvalue weighted by Crippen LogP contribution is 2.39. The van der Waals surface area contributed by atoms with Gasteiger partial charge in [-0.25, -0.2) is 0 Å². The molecule has 1 fully saturated rings. The third-order valence-electron chi connectivity index (χ3n) is 7.28. The number of nitrogens with zero attached hydrogens (tertiary/aromatic N) is 1. The molecule has 2 aromatic carbocycles. The first kappa shape index (κ1) is 28.2. The standard InChI is InChI=1S/C29H40N2O4S/c1-29(2,3)24-12-14-25(15-13-24)31(20-22-6-5-7-26(18-22)36(4)35)19-21-8-10-23(11-9-21)28(34)30-17-16-27(32)33/h5-11,18,24-25H,12-17,19-20H2,1-4H3,(H,30,34)(H,32,33). The molecule has 0 heterocycles. The molecule has 1 unspecified atom stereocenters. The van der Waals surface area contributed by atoms with Crippen molar-refractivity contribution < 1.29 is 19.2 Å². The van der Waals surface area contributed by atoms with Crippen molar-refractivity contribution >= 4 is 23.1 Å². The van der Waals surface area contributed by atoms with Crippen LogP contribution in [0.15, 0.2) is 53.4 Å². The highest BCUT2D eigenvalue weighted by atomic mass is 32.2. The minimum atomic E-state index is -1.01. The van der Waals surface area contributed by atoms with Gasteiger partial charge in [0.05, 0.1) is 6.42 Å². The van der Waals surface area contributed by atoms with Crippen molar-refractivity contribution in [1.82, 2.24) is 10.2 Å². The fourth-order valence-corrected chi connectivity index (χ4v) is 5.65. The SMILES string of the molecule is C[S+]([O-])c1cccc(CN(Cc2ccc(C(=O)NCCC(=O)O)cc2)C2CCC(C(C)(C)C)CC2)c1. The van der Waals surface area contributed by atoms with Crippen LogP contribution >= 0.6 is 0 Å². The van der Waals surface area contributed by atoms with Crippen LogP contribution in [0.25, 0.3) is 0 Å². The Labute approximate surface area is 218 Å². The number of aliphatic carboxylic acids is 1. The van der Waals surface area contributed by atoms with Gasteiger partial charge in [-0.05, 0) is 83.6 Å². The maximum atomic E-state index is 12.3. The largest absolute Gasteiger partial charge is 0.612 e. The van der Waals surface area contributed by atoms with E-state index in [0.29, 0.717) is 17.0 Å². The summed E-state index contributed by atoms with van der Waals surface area (Å²) in [6, 6.07) is 16.1. The lowest BCUT2D eigenvalue weighted by Crippen LogP contribution is -2.39. The molecular formula is C29H40N2O4S. The summed E-state index contributed by atoms with van der Waals surface area (Å²) in [7, 11) is 0. The molecule has 1 amide bonds. The van der Waals surface area contributed by atoms with Crippen molar-refractivity contribution in [3.05, 3.63) is 65.2 Å². The van der Waals surface area contributed by atoms with E-state index in [1.54, 1.807) is 18.4 Å². The number of hydrogen-bond donors (Lipinski definition) is 2. The molecule has 2 N–H and O–H groups in total. The highest BCUT2D eigenvalue weighted by molar-refractivity contribution is 7.90. The molecule has 3 rings (SSSR count). The number of nitrogens with one attached hydrogen (secondary N) is 1. The summed E-state index contributed by atoms with van der Waals surface area (Å²) >= 11 is -1.01. The van der Waals surface area contributed by atoms with E-state index in [2.05, 4.69) is 43.1 Å². The van der Waals surface area contributed by atoms with Crippen LogP contribution in [0.1, 0.15) is 74.4 Å². The molecule has 6 nitrogen and oxygen atoms in total. The summed E-state index contributed by atoms with van der Waals surface area (Å²) in [4.78, 5) is 26.4. The van der Waals surface area contributed by atoms with Crippen molar-refractivity contribution in [2.24, 2.45) is 11.3 Å². The van der Waals surface area contributed by atoms with Gasteiger partial charge in [0.15, 0.2) is 4.90 Å². The van der Waals surface area contributed by atoms with Crippen LogP contribution in [0.5, 0.6) is 0 Å². The van der Waals surface area contributed by atoms with Crippen molar-refractivity contribution in [2.75, 3.05) is 12.8 Å². The Morgan fingerprint density at radius 1 is 1.03 bits per heavy atom. The molecule has 1 atom stereocenters. The minimum absolute atomic E-state index is 0.0942. The Hall–Kier alpha value is -2.35. The van der Waals surface area contributed by atoms with Gasteiger partial charge < -0.3 is 15.0 Å². The van der Waals surface area contributed by atoms with Crippen LogP contribution in [-0.4, -0.2) is 45.3 Å². The summed E-state index contributed by atoms with van der Waals surface area (Å²) < 4.78 is 12.0. The third kappa shape index (κ3) is 8.36. The number of carboxylic acids is 1. The predicted octanol–water partition coefficient (Wildman–Crippen LogP) is 5.24. The maximum absolute atomic E-state index is 12.3. The highest BCUT2D eigenvalue weighted by Gasteiger charge is 2.32. The normalized spacial score (nSPS) is 19.2. The van der Waals surface area contributed by atoms with Crippen LogP contribution in [-0.2, 0) is 29.1 Å². The molecule has 0 aromatic heterocycles. The minimum Gasteiger partial charge on any atom is -0.612 e. The first-order valence-electron chi connectivity index (χ1n) is 12.8. The molecule has 0 saturated heterocycles. The van der Waals surface area contributed by atoms with Crippen LogP contribution in [0, 0.1) is 11.3 Å². The first-order valence-corrected chi connectivity index (χ1v) is 14.3. The monoisotopic (exact) mass is 512 g/mol. The van der Waals surface area contributed by atoms with E-state index in [1.807, 2.05) is 24.3 Å². The van der Waals surface area contributed by atoms with E-state index in [0.717, 1.165) is 47.9 Å². The molecule has 0 spiro atoms. The third-order valence-corrected chi connectivity index (χ3v) is 8.20. The van der Waals surface area contributed by atoms with Gasteiger partial charge in [0.1, 0.15) is 6.26 Å². The van der Waals surface area contributed by atoms with Gasteiger partial charge in [0.25, 0.3) is 5.91 Å². The fourth-order valence-electron chi connectivity index (χ4n) is 5.06. The van der Waals surface area contributed by atoms with Gasteiger partial charge in [-0.3, -0.25) is 14.5 Å². The zero-order valence-electron chi connectivity index (χ0n) is 22.0.